The molecule has 1 N–H and O–H groups in total. The molecular formula is C16H25N3O2. The van der Waals surface area contributed by atoms with Gasteiger partial charge in [0, 0.05) is 19.3 Å². The van der Waals surface area contributed by atoms with Gasteiger partial charge in [0.05, 0.1) is 7.11 Å². The molecule has 0 spiro atoms. The molecule has 0 radical (unpaired) electrons. The van der Waals surface area contributed by atoms with E-state index in [4.69, 9.17) is 4.74 Å². The highest BCUT2D eigenvalue weighted by atomic mass is 16.5. The van der Waals surface area contributed by atoms with Gasteiger partial charge in [0.25, 0.3) is 0 Å². The smallest absolute Gasteiger partial charge is 0.341 e. The van der Waals surface area contributed by atoms with Gasteiger partial charge in [-0.2, -0.15) is 0 Å². The van der Waals surface area contributed by atoms with E-state index in [9.17, 15) is 4.79 Å². The molecule has 0 saturated carbocycles. The Labute approximate surface area is 126 Å². The van der Waals surface area contributed by atoms with E-state index in [1.54, 1.807) is 18.3 Å². The molecule has 5 heteroatoms. The summed E-state index contributed by atoms with van der Waals surface area (Å²) < 4.78 is 4.78. The molecule has 5 nitrogen and oxygen atoms in total. The summed E-state index contributed by atoms with van der Waals surface area (Å²) in [5, 5.41) is 3.28. The van der Waals surface area contributed by atoms with Gasteiger partial charge in [-0.05, 0) is 44.0 Å². The Hall–Kier alpha value is -1.62. The van der Waals surface area contributed by atoms with Gasteiger partial charge in [0.15, 0.2) is 0 Å². The SMILES string of the molecule is COC(=O)c1cccnc1NCC(C)CN1CCCCC1. The molecular weight excluding hydrogens is 266 g/mol. The lowest BCUT2D eigenvalue weighted by Crippen LogP contribution is -2.35. The minimum Gasteiger partial charge on any atom is -0.465 e. The predicted octanol–water partition coefficient (Wildman–Crippen LogP) is 2.40. The second-order valence-corrected chi connectivity index (χ2v) is 5.74. The number of hydrogen-bond acceptors (Lipinski definition) is 5. The zero-order valence-electron chi connectivity index (χ0n) is 13.0. The molecule has 0 amide bonds. The highest BCUT2D eigenvalue weighted by Crippen LogP contribution is 2.15. The summed E-state index contributed by atoms with van der Waals surface area (Å²) >= 11 is 0. The van der Waals surface area contributed by atoms with Gasteiger partial charge in [-0.3, -0.25) is 0 Å². The van der Waals surface area contributed by atoms with Crippen LogP contribution in [0.4, 0.5) is 5.82 Å². The first kappa shape index (κ1) is 15.8. The van der Waals surface area contributed by atoms with Crippen LogP contribution in [0.3, 0.4) is 0 Å². The minimum absolute atomic E-state index is 0.353. The number of methoxy groups -OCH3 is 1. The maximum Gasteiger partial charge on any atom is 0.341 e. The molecule has 1 aliphatic heterocycles. The number of hydrogen-bond donors (Lipinski definition) is 1. The van der Waals surface area contributed by atoms with Crippen molar-refractivity contribution in [3.63, 3.8) is 0 Å². The van der Waals surface area contributed by atoms with Gasteiger partial charge < -0.3 is 15.0 Å². The molecule has 0 bridgehead atoms. The van der Waals surface area contributed by atoms with Gasteiger partial charge in [0.1, 0.15) is 11.4 Å². The number of likely N-dealkylation sites (tertiary alicyclic amines) is 1. The maximum absolute atomic E-state index is 11.7. The molecule has 1 aromatic rings. The van der Waals surface area contributed by atoms with E-state index in [2.05, 4.69) is 22.1 Å². The number of piperidine rings is 1. The summed E-state index contributed by atoms with van der Waals surface area (Å²) in [5.74, 6) is 0.764. The van der Waals surface area contributed by atoms with Crippen LogP contribution in [0.15, 0.2) is 18.3 Å². The molecule has 0 aliphatic carbocycles. The van der Waals surface area contributed by atoms with Crippen LogP contribution in [-0.4, -0.2) is 49.1 Å². The van der Waals surface area contributed by atoms with Crippen LogP contribution in [0.5, 0.6) is 0 Å². The Morgan fingerprint density at radius 3 is 2.90 bits per heavy atom. The average Bonchev–Trinajstić information content (AvgIpc) is 2.53. The Morgan fingerprint density at radius 2 is 2.19 bits per heavy atom. The van der Waals surface area contributed by atoms with Gasteiger partial charge in [-0.1, -0.05) is 13.3 Å². The van der Waals surface area contributed by atoms with E-state index in [0.29, 0.717) is 17.3 Å². The summed E-state index contributed by atoms with van der Waals surface area (Å²) in [5.41, 5.74) is 0.491. The Morgan fingerprint density at radius 1 is 1.43 bits per heavy atom. The van der Waals surface area contributed by atoms with Crippen LogP contribution in [-0.2, 0) is 4.74 Å². The minimum atomic E-state index is -0.353. The molecule has 2 heterocycles. The van der Waals surface area contributed by atoms with E-state index in [1.807, 2.05) is 0 Å². The number of esters is 1. The highest BCUT2D eigenvalue weighted by Gasteiger charge is 2.15. The molecule has 1 atom stereocenters. The van der Waals surface area contributed by atoms with Crippen LogP contribution in [0.1, 0.15) is 36.5 Å². The summed E-state index contributed by atoms with van der Waals surface area (Å²) in [6, 6.07) is 3.48. The number of carbonyl (C=O) groups excluding carboxylic acids is 1. The van der Waals surface area contributed by atoms with Crippen LogP contribution in [0, 0.1) is 5.92 Å². The highest BCUT2D eigenvalue weighted by molar-refractivity contribution is 5.94. The fraction of sp³-hybridized carbons (Fsp3) is 0.625. The van der Waals surface area contributed by atoms with Gasteiger partial charge in [0.2, 0.25) is 0 Å². The third-order valence-electron chi connectivity index (χ3n) is 3.85. The lowest BCUT2D eigenvalue weighted by atomic mass is 10.1. The summed E-state index contributed by atoms with van der Waals surface area (Å²) in [7, 11) is 1.39. The molecule has 1 fully saturated rings. The third-order valence-corrected chi connectivity index (χ3v) is 3.85. The molecule has 1 aliphatic rings. The van der Waals surface area contributed by atoms with E-state index >= 15 is 0 Å². The van der Waals surface area contributed by atoms with Crippen LogP contribution < -0.4 is 5.32 Å². The van der Waals surface area contributed by atoms with Gasteiger partial charge in [-0.25, -0.2) is 9.78 Å². The topological polar surface area (TPSA) is 54.5 Å². The Balaban J connectivity index is 1.86. The van der Waals surface area contributed by atoms with Crippen molar-refractivity contribution in [2.45, 2.75) is 26.2 Å². The number of carbonyl (C=O) groups is 1. The lowest BCUT2D eigenvalue weighted by Gasteiger charge is -2.29. The van der Waals surface area contributed by atoms with E-state index in [0.717, 1.165) is 13.1 Å². The first-order valence-corrected chi connectivity index (χ1v) is 7.70. The quantitative estimate of drug-likeness (QED) is 0.816. The van der Waals surface area contributed by atoms with E-state index < -0.39 is 0 Å². The fourth-order valence-corrected chi connectivity index (χ4v) is 2.74. The monoisotopic (exact) mass is 291 g/mol. The molecule has 1 unspecified atom stereocenters. The van der Waals surface area contributed by atoms with Crippen LogP contribution in [0.2, 0.25) is 0 Å². The van der Waals surface area contributed by atoms with Crippen molar-refractivity contribution in [3.8, 4) is 0 Å². The number of anilines is 1. The van der Waals surface area contributed by atoms with Crippen molar-refractivity contribution < 1.29 is 9.53 Å². The van der Waals surface area contributed by atoms with Crippen molar-refractivity contribution in [2.24, 2.45) is 5.92 Å². The normalized spacial score (nSPS) is 17.2. The summed E-state index contributed by atoms with van der Waals surface area (Å²) in [4.78, 5) is 18.4. The third kappa shape index (κ3) is 4.70. The summed E-state index contributed by atoms with van der Waals surface area (Å²) in [6.07, 6.45) is 5.67. The second kappa shape index (κ2) is 7.98. The van der Waals surface area contributed by atoms with E-state index in [1.165, 1.54) is 39.5 Å². The van der Waals surface area contributed by atoms with Crippen LogP contribution in [0.25, 0.3) is 0 Å². The molecule has 1 aromatic heterocycles. The molecule has 1 saturated heterocycles. The second-order valence-electron chi connectivity index (χ2n) is 5.74. The summed E-state index contributed by atoms with van der Waals surface area (Å²) in [6.45, 7) is 6.54. The maximum atomic E-state index is 11.7. The number of aromatic nitrogens is 1. The number of nitrogens with one attached hydrogen (secondary N) is 1. The molecule has 2 rings (SSSR count). The number of ether oxygens (including phenoxy) is 1. The van der Waals surface area contributed by atoms with Gasteiger partial charge in [-0.15, -0.1) is 0 Å². The zero-order valence-corrected chi connectivity index (χ0v) is 13.0. The Bertz CT molecular complexity index is 459. The molecule has 116 valence electrons. The first-order chi connectivity index (χ1) is 10.2. The molecule has 21 heavy (non-hydrogen) atoms. The average molecular weight is 291 g/mol. The van der Waals surface area contributed by atoms with Crippen molar-refractivity contribution in [1.82, 2.24) is 9.88 Å². The van der Waals surface area contributed by atoms with Crippen molar-refractivity contribution in [2.75, 3.05) is 38.6 Å². The Kier molecular flexibility index (Phi) is 5.99. The number of pyridine rings is 1. The first-order valence-electron chi connectivity index (χ1n) is 7.70. The van der Waals surface area contributed by atoms with Crippen molar-refractivity contribution >= 4 is 11.8 Å². The van der Waals surface area contributed by atoms with Crippen molar-refractivity contribution in [1.29, 1.82) is 0 Å². The molecule has 0 aromatic carbocycles. The van der Waals surface area contributed by atoms with Crippen LogP contribution >= 0.6 is 0 Å². The predicted molar refractivity (Wildman–Crippen MR) is 83.5 cm³/mol. The standard InChI is InChI=1S/C16H25N3O2/c1-13(12-19-9-4-3-5-10-19)11-18-15-14(16(20)21-2)7-6-8-17-15/h6-8,13H,3-5,9-12H2,1-2H3,(H,17,18). The largest absolute Gasteiger partial charge is 0.465 e. The van der Waals surface area contributed by atoms with Gasteiger partial charge >= 0.3 is 5.97 Å². The lowest BCUT2D eigenvalue weighted by molar-refractivity contribution is 0.0601. The van der Waals surface area contributed by atoms with E-state index in [-0.39, 0.29) is 5.97 Å². The van der Waals surface area contributed by atoms with Crippen molar-refractivity contribution in [3.05, 3.63) is 23.9 Å². The zero-order chi connectivity index (χ0) is 15.1. The number of rotatable bonds is 6. The fourth-order valence-electron chi connectivity index (χ4n) is 2.74. The number of nitrogens with zero attached hydrogens (tertiary/aromatic N) is 2.